The molecule has 2 atom stereocenters. The Balaban J connectivity index is 1.24. The van der Waals surface area contributed by atoms with Gasteiger partial charge in [-0.1, -0.05) is 33.6 Å². The van der Waals surface area contributed by atoms with Crippen molar-refractivity contribution in [2.75, 3.05) is 26.2 Å². The second-order valence-corrected chi connectivity index (χ2v) is 12.5. The number of carbonyl (C=O) groups excluding carboxylic acids is 6. The number of nitrogens with one attached hydrogen (secondary N) is 2. The normalized spacial score (nSPS) is 23.2. The van der Waals surface area contributed by atoms with Crippen LogP contribution in [-0.4, -0.2) is 77.7 Å². The molecule has 3 aliphatic rings. The van der Waals surface area contributed by atoms with Gasteiger partial charge in [-0.3, -0.25) is 33.8 Å². The molecule has 0 radical (unpaired) electrons. The van der Waals surface area contributed by atoms with Crippen LogP contribution in [0.25, 0.3) is 0 Å². The van der Waals surface area contributed by atoms with Gasteiger partial charge in [0.05, 0.1) is 6.61 Å². The number of ether oxygens (including phenoxy) is 1. The highest BCUT2D eigenvalue weighted by Crippen LogP contribution is 2.49. The summed E-state index contributed by atoms with van der Waals surface area (Å²) >= 11 is 0. The van der Waals surface area contributed by atoms with E-state index in [1.165, 1.54) is 34.1 Å². The fourth-order valence-corrected chi connectivity index (χ4v) is 5.76. The lowest BCUT2D eigenvalue weighted by Crippen LogP contribution is -2.53. The van der Waals surface area contributed by atoms with Crippen molar-refractivity contribution in [2.24, 2.45) is 10.8 Å². The van der Waals surface area contributed by atoms with Crippen molar-refractivity contribution in [3.8, 4) is 0 Å². The van der Waals surface area contributed by atoms with Gasteiger partial charge in [-0.05, 0) is 62.2 Å². The quantitative estimate of drug-likeness (QED) is 0.209. The van der Waals surface area contributed by atoms with Gasteiger partial charge in [-0.2, -0.15) is 0 Å². The van der Waals surface area contributed by atoms with Gasteiger partial charge in [0.2, 0.25) is 5.91 Å². The maximum absolute atomic E-state index is 12.5. The fraction of sp³-hybridized carbons (Fsp3) is 0.677. The molecule has 1 aliphatic carbocycles. The molecule has 6 amide bonds. The summed E-state index contributed by atoms with van der Waals surface area (Å²) in [5.41, 5.74) is -0.226. The van der Waals surface area contributed by atoms with E-state index in [4.69, 9.17) is 4.74 Å². The van der Waals surface area contributed by atoms with E-state index in [0.717, 1.165) is 51.4 Å². The van der Waals surface area contributed by atoms with Crippen LogP contribution in [-0.2, 0) is 28.7 Å². The molecule has 0 saturated heterocycles. The van der Waals surface area contributed by atoms with Crippen molar-refractivity contribution < 1.29 is 33.5 Å². The Morgan fingerprint density at radius 1 is 0.810 bits per heavy atom. The molecule has 0 bridgehead atoms. The van der Waals surface area contributed by atoms with Crippen molar-refractivity contribution in [3.63, 3.8) is 0 Å². The smallest absolute Gasteiger partial charge is 0.407 e. The van der Waals surface area contributed by atoms with Crippen molar-refractivity contribution in [3.05, 3.63) is 24.3 Å². The highest BCUT2D eigenvalue weighted by molar-refractivity contribution is 6.13. The van der Waals surface area contributed by atoms with E-state index in [1.54, 1.807) is 0 Å². The minimum atomic E-state index is -0.433. The second kappa shape index (κ2) is 15.1. The summed E-state index contributed by atoms with van der Waals surface area (Å²) in [4.78, 5) is 73.6. The number of hydrogen-bond donors (Lipinski definition) is 2. The summed E-state index contributed by atoms with van der Waals surface area (Å²) in [5.74, 6) is -1.04. The maximum atomic E-state index is 12.5. The van der Waals surface area contributed by atoms with Crippen LogP contribution in [0.3, 0.4) is 0 Å². The summed E-state index contributed by atoms with van der Waals surface area (Å²) in [6, 6.07) is -0.00195. The summed E-state index contributed by atoms with van der Waals surface area (Å²) in [6.45, 7) is 8.19. The van der Waals surface area contributed by atoms with Crippen molar-refractivity contribution in [2.45, 2.75) is 97.4 Å². The third kappa shape index (κ3) is 9.25. The third-order valence-corrected chi connectivity index (χ3v) is 9.03. The van der Waals surface area contributed by atoms with E-state index in [-0.39, 0.29) is 53.0 Å². The number of imide groups is 2. The van der Waals surface area contributed by atoms with E-state index >= 15 is 0 Å². The number of amides is 6. The van der Waals surface area contributed by atoms with E-state index < -0.39 is 6.09 Å². The van der Waals surface area contributed by atoms with Crippen LogP contribution in [0.5, 0.6) is 0 Å². The largest absolute Gasteiger partial charge is 0.450 e. The number of nitrogens with zero attached hydrogens (tertiary/aromatic N) is 2. The lowest BCUT2D eigenvalue weighted by Gasteiger charge is -2.50. The zero-order valence-corrected chi connectivity index (χ0v) is 25.2. The van der Waals surface area contributed by atoms with Crippen LogP contribution in [0.2, 0.25) is 0 Å². The van der Waals surface area contributed by atoms with E-state index in [1.807, 2.05) is 0 Å². The molecule has 0 aromatic rings. The first kappa shape index (κ1) is 33.0. The zero-order valence-electron chi connectivity index (χ0n) is 25.2. The zero-order chi connectivity index (χ0) is 30.8. The third-order valence-electron chi connectivity index (χ3n) is 9.03. The molecule has 232 valence electrons. The van der Waals surface area contributed by atoms with Crippen LogP contribution in [0.1, 0.15) is 91.4 Å². The predicted octanol–water partition coefficient (Wildman–Crippen LogP) is 3.38. The molecule has 3 rings (SSSR count). The first-order chi connectivity index (χ1) is 19.9. The SMILES string of the molecule is CC1(C)CC(NC(=O)OCCCCCN2C(=O)C=CC2=O)CCC1(C)CNC(=O)CCCCCCN1C(=O)C=CC1=O. The first-order valence-corrected chi connectivity index (χ1v) is 15.2. The lowest BCUT2D eigenvalue weighted by atomic mass is 9.57. The molecule has 1 fully saturated rings. The number of unbranched alkanes of at least 4 members (excludes halogenated alkanes) is 5. The number of hydrogen-bond acceptors (Lipinski definition) is 7. The first-order valence-electron chi connectivity index (χ1n) is 15.2. The summed E-state index contributed by atoms with van der Waals surface area (Å²) in [5, 5.41) is 6.11. The summed E-state index contributed by atoms with van der Waals surface area (Å²) < 4.78 is 5.35. The van der Waals surface area contributed by atoms with E-state index in [0.29, 0.717) is 38.9 Å². The van der Waals surface area contributed by atoms with Crippen molar-refractivity contribution in [1.82, 2.24) is 20.4 Å². The monoisotopic (exact) mass is 586 g/mol. The topological polar surface area (TPSA) is 142 Å². The molecule has 2 heterocycles. The van der Waals surface area contributed by atoms with Gasteiger partial charge in [-0.15, -0.1) is 0 Å². The molecular formula is C31H46N4O7. The maximum Gasteiger partial charge on any atom is 0.407 e. The van der Waals surface area contributed by atoms with E-state index in [9.17, 15) is 28.8 Å². The summed E-state index contributed by atoms with van der Waals surface area (Å²) in [6.07, 6.45) is 12.9. The van der Waals surface area contributed by atoms with Crippen molar-refractivity contribution in [1.29, 1.82) is 0 Å². The predicted molar refractivity (Wildman–Crippen MR) is 156 cm³/mol. The van der Waals surface area contributed by atoms with E-state index in [2.05, 4.69) is 31.4 Å². The van der Waals surface area contributed by atoms with Gasteiger partial charge in [-0.25, -0.2) is 4.79 Å². The molecule has 0 spiro atoms. The Bertz CT molecular complexity index is 1060. The summed E-state index contributed by atoms with van der Waals surface area (Å²) in [7, 11) is 0. The molecule has 11 nitrogen and oxygen atoms in total. The van der Waals surface area contributed by atoms with Gasteiger partial charge in [0.15, 0.2) is 0 Å². The van der Waals surface area contributed by atoms with Gasteiger partial charge in [0, 0.05) is 56.4 Å². The van der Waals surface area contributed by atoms with Gasteiger partial charge in [0.25, 0.3) is 23.6 Å². The lowest BCUT2D eigenvalue weighted by molar-refractivity contribution is -0.138. The average Bonchev–Trinajstić information content (AvgIpc) is 3.43. The molecule has 1 saturated carbocycles. The molecule has 2 N–H and O–H groups in total. The highest BCUT2D eigenvalue weighted by atomic mass is 16.5. The highest BCUT2D eigenvalue weighted by Gasteiger charge is 2.46. The Morgan fingerprint density at radius 2 is 1.33 bits per heavy atom. The van der Waals surface area contributed by atoms with Gasteiger partial charge >= 0.3 is 6.09 Å². The van der Waals surface area contributed by atoms with Gasteiger partial charge in [0.1, 0.15) is 0 Å². The number of carbonyl (C=O) groups is 6. The standard InChI is InChI=1S/C31H46N4O7/c1-30(2)21-23(33-29(41)42-20-10-6-9-19-35-27(39)14-15-28(35)40)16-17-31(30,3)22-32-24(36)11-7-4-5-8-18-34-25(37)12-13-26(34)38/h12-15,23H,4-11,16-22H2,1-3H3,(H,32,36)(H,33,41). The Labute approximate surface area is 248 Å². The molecule has 11 heteroatoms. The Hall–Kier alpha value is -3.50. The van der Waals surface area contributed by atoms with Gasteiger partial charge < -0.3 is 15.4 Å². The Morgan fingerprint density at radius 3 is 1.88 bits per heavy atom. The average molecular weight is 587 g/mol. The number of alkyl carbamates (subject to hydrolysis) is 1. The molecule has 42 heavy (non-hydrogen) atoms. The Kier molecular flexibility index (Phi) is 11.9. The number of rotatable bonds is 16. The second-order valence-electron chi connectivity index (χ2n) is 12.5. The minimum Gasteiger partial charge on any atom is -0.450 e. The fourth-order valence-electron chi connectivity index (χ4n) is 5.76. The molecule has 2 aliphatic heterocycles. The van der Waals surface area contributed by atoms with Crippen molar-refractivity contribution >= 4 is 35.6 Å². The molecular weight excluding hydrogens is 540 g/mol. The molecule has 0 aromatic carbocycles. The molecule has 0 aromatic heterocycles. The van der Waals surface area contributed by atoms with Crippen LogP contribution >= 0.6 is 0 Å². The minimum absolute atomic E-state index is 0.00195. The van der Waals surface area contributed by atoms with Crippen LogP contribution in [0.4, 0.5) is 4.79 Å². The van der Waals surface area contributed by atoms with Crippen LogP contribution in [0.15, 0.2) is 24.3 Å². The van der Waals surface area contributed by atoms with Crippen LogP contribution < -0.4 is 10.6 Å². The molecule has 2 unspecified atom stereocenters. The van der Waals surface area contributed by atoms with Crippen LogP contribution in [0, 0.1) is 10.8 Å².